The Bertz CT molecular complexity index is 854. The van der Waals surface area contributed by atoms with Gasteiger partial charge in [-0.25, -0.2) is 4.68 Å². The summed E-state index contributed by atoms with van der Waals surface area (Å²) in [5.74, 6) is 0.0554. The van der Waals surface area contributed by atoms with Gasteiger partial charge in [0.2, 0.25) is 5.91 Å². The molecule has 140 valence electrons. The fraction of sp³-hybridized carbons (Fsp3) is 0.273. The van der Waals surface area contributed by atoms with Crippen molar-refractivity contribution in [1.29, 1.82) is 0 Å². The molecular formula is C22H26N4O. The lowest BCUT2D eigenvalue weighted by Crippen LogP contribution is -2.23. The Morgan fingerprint density at radius 3 is 2.41 bits per heavy atom. The minimum Gasteiger partial charge on any atom is -0.352 e. The first kappa shape index (κ1) is 18.9. The molecule has 5 heteroatoms. The number of carbonyl (C=O) groups excluding carboxylic acids is 1. The largest absolute Gasteiger partial charge is 0.352 e. The molecule has 0 aliphatic heterocycles. The van der Waals surface area contributed by atoms with Gasteiger partial charge in [-0.3, -0.25) is 4.79 Å². The second kappa shape index (κ2) is 9.14. The molecule has 0 aliphatic carbocycles. The summed E-state index contributed by atoms with van der Waals surface area (Å²) in [6.45, 7) is 1.48. The SMILES string of the molecule is CN(C)Cc1ccc(CNC(=O)CCc2cnn(-c3ccccc3)c2)cc1. The van der Waals surface area contributed by atoms with Crippen LogP contribution in [0.4, 0.5) is 0 Å². The molecule has 0 saturated carbocycles. The molecule has 1 heterocycles. The van der Waals surface area contributed by atoms with E-state index in [0.29, 0.717) is 19.4 Å². The van der Waals surface area contributed by atoms with Crippen molar-refractivity contribution in [3.8, 4) is 5.69 Å². The molecule has 0 fully saturated rings. The molecule has 1 aromatic heterocycles. The fourth-order valence-corrected chi connectivity index (χ4v) is 2.89. The highest BCUT2D eigenvalue weighted by Crippen LogP contribution is 2.10. The van der Waals surface area contributed by atoms with Gasteiger partial charge in [0, 0.05) is 25.7 Å². The van der Waals surface area contributed by atoms with Gasteiger partial charge in [0.25, 0.3) is 0 Å². The van der Waals surface area contributed by atoms with E-state index < -0.39 is 0 Å². The van der Waals surface area contributed by atoms with Crippen LogP contribution in [-0.2, 0) is 24.3 Å². The molecular weight excluding hydrogens is 336 g/mol. The number of amides is 1. The van der Waals surface area contributed by atoms with E-state index in [2.05, 4.69) is 53.7 Å². The standard InChI is InChI=1S/C22H26N4O/c1-25(2)16-19-10-8-18(9-11-19)14-23-22(27)13-12-20-15-24-26(17-20)21-6-4-3-5-7-21/h3-11,15,17H,12-14,16H2,1-2H3,(H,23,27). The van der Waals surface area contributed by atoms with Gasteiger partial charge in [0.05, 0.1) is 11.9 Å². The zero-order chi connectivity index (χ0) is 19.1. The molecule has 27 heavy (non-hydrogen) atoms. The summed E-state index contributed by atoms with van der Waals surface area (Å²) in [6.07, 6.45) is 4.94. The summed E-state index contributed by atoms with van der Waals surface area (Å²) in [4.78, 5) is 14.3. The smallest absolute Gasteiger partial charge is 0.220 e. The van der Waals surface area contributed by atoms with Crippen molar-refractivity contribution < 1.29 is 4.79 Å². The van der Waals surface area contributed by atoms with Crippen LogP contribution < -0.4 is 5.32 Å². The molecule has 0 atom stereocenters. The van der Waals surface area contributed by atoms with Gasteiger partial charge in [-0.1, -0.05) is 42.5 Å². The van der Waals surface area contributed by atoms with Gasteiger partial charge in [0.15, 0.2) is 0 Å². The molecule has 0 bridgehead atoms. The van der Waals surface area contributed by atoms with Crippen molar-refractivity contribution in [2.24, 2.45) is 0 Å². The molecule has 0 aliphatic rings. The first-order chi connectivity index (χ1) is 13.1. The Hall–Kier alpha value is -2.92. The fourth-order valence-electron chi connectivity index (χ4n) is 2.89. The van der Waals surface area contributed by atoms with Crippen molar-refractivity contribution in [1.82, 2.24) is 20.0 Å². The van der Waals surface area contributed by atoms with Crippen molar-refractivity contribution >= 4 is 5.91 Å². The van der Waals surface area contributed by atoms with Gasteiger partial charge in [-0.05, 0) is 49.3 Å². The number of rotatable bonds is 8. The zero-order valence-electron chi connectivity index (χ0n) is 15.9. The number of para-hydroxylation sites is 1. The molecule has 0 radical (unpaired) electrons. The number of benzene rings is 2. The number of nitrogens with zero attached hydrogens (tertiary/aromatic N) is 3. The van der Waals surface area contributed by atoms with Crippen LogP contribution in [0.3, 0.4) is 0 Å². The predicted octanol–water partition coefficient (Wildman–Crippen LogP) is 3.18. The Kier molecular flexibility index (Phi) is 6.39. The predicted molar refractivity (Wildman–Crippen MR) is 108 cm³/mol. The average Bonchev–Trinajstić information content (AvgIpc) is 3.15. The highest BCUT2D eigenvalue weighted by atomic mass is 16.1. The highest BCUT2D eigenvalue weighted by Gasteiger charge is 2.05. The summed E-state index contributed by atoms with van der Waals surface area (Å²) in [5.41, 5.74) is 4.46. The Balaban J connectivity index is 1.44. The number of nitrogens with one attached hydrogen (secondary N) is 1. The van der Waals surface area contributed by atoms with E-state index in [1.165, 1.54) is 5.56 Å². The number of carbonyl (C=O) groups is 1. The molecule has 1 N–H and O–H groups in total. The van der Waals surface area contributed by atoms with Crippen molar-refractivity contribution in [2.75, 3.05) is 14.1 Å². The molecule has 2 aromatic carbocycles. The van der Waals surface area contributed by atoms with Crippen LogP contribution in [0.15, 0.2) is 67.0 Å². The summed E-state index contributed by atoms with van der Waals surface area (Å²) < 4.78 is 1.84. The van der Waals surface area contributed by atoms with Crippen LogP contribution in [0, 0.1) is 0 Å². The van der Waals surface area contributed by atoms with Crippen LogP contribution in [0.2, 0.25) is 0 Å². The Morgan fingerprint density at radius 1 is 1.00 bits per heavy atom. The van der Waals surface area contributed by atoms with E-state index in [0.717, 1.165) is 23.4 Å². The maximum absolute atomic E-state index is 12.1. The number of aromatic nitrogens is 2. The summed E-state index contributed by atoms with van der Waals surface area (Å²) in [5, 5.41) is 7.36. The first-order valence-corrected chi connectivity index (χ1v) is 9.18. The van der Waals surface area contributed by atoms with Crippen LogP contribution in [0.1, 0.15) is 23.1 Å². The summed E-state index contributed by atoms with van der Waals surface area (Å²) in [6, 6.07) is 18.3. The van der Waals surface area contributed by atoms with Gasteiger partial charge in [-0.15, -0.1) is 0 Å². The zero-order valence-corrected chi connectivity index (χ0v) is 15.9. The van der Waals surface area contributed by atoms with E-state index in [1.807, 2.05) is 47.4 Å². The van der Waals surface area contributed by atoms with Gasteiger partial charge >= 0.3 is 0 Å². The average molecular weight is 362 g/mol. The molecule has 0 saturated heterocycles. The number of aryl methyl sites for hydroxylation is 1. The van der Waals surface area contributed by atoms with Crippen LogP contribution in [0.25, 0.3) is 5.69 Å². The van der Waals surface area contributed by atoms with E-state index >= 15 is 0 Å². The van der Waals surface area contributed by atoms with Crippen LogP contribution in [-0.4, -0.2) is 34.7 Å². The highest BCUT2D eigenvalue weighted by molar-refractivity contribution is 5.76. The third-order valence-electron chi connectivity index (χ3n) is 4.31. The van der Waals surface area contributed by atoms with Crippen LogP contribution in [0.5, 0.6) is 0 Å². The first-order valence-electron chi connectivity index (χ1n) is 9.18. The molecule has 3 aromatic rings. The van der Waals surface area contributed by atoms with E-state index in [1.54, 1.807) is 0 Å². The molecule has 5 nitrogen and oxygen atoms in total. The lowest BCUT2D eigenvalue weighted by atomic mass is 10.1. The lowest BCUT2D eigenvalue weighted by molar-refractivity contribution is -0.121. The molecule has 0 unspecified atom stereocenters. The monoisotopic (exact) mass is 362 g/mol. The summed E-state index contributed by atoms with van der Waals surface area (Å²) >= 11 is 0. The second-order valence-electron chi connectivity index (χ2n) is 6.96. The van der Waals surface area contributed by atoms with Gasteiger partial charge in [0.1, 0.15) is 0 Å². The summed E-state index contributed by atoms with van der Waals surface area (Å²) in [7, 11) is 4.11. The van der Waals surface area contributed by atoms with Gasteiger partial charge < -0.3 is 10.2 Å². The molecule has 0 spiro atoms. The minimum absolute atomic E-state index is 0.0554. The minimum atomic E-state index is 0.0554. The van der Waals surface area contributed by atoms with E-state index in [4.69, 9.17) is 0 Å². The van der Waals surface area contributed by atoms with E-state index in [-0.39, 0.29) is 5.91 Å². The van der Waals surface area contributed by atoms with Crippen LogP contribution >= 0.6 is 0 Å². The van der Waals surface area contributed by atoms with Gasteiger partial charge in [-0.2, -0.15) is 5.10 Å². The third-order valence-corrected chi connectivity index (χ3v) is 4.31. The number of hydrogen-bond acceptors (Lipinski definition) is 3. The quantitative estimate of drug-likeness (QED) is 0.670. The third kappa shape index (κ3) is 5.79. The number of hydrogen-bond donors (Lipinski definition) is 1. The lowest BCUT2D eigenvalue weighted by Gasteiger charge is -2.10. The Morgan fingerprint density at radius 2 is 1.70 bits per heavy atom. The Labute approximate surface area is 160 Å². The van der Waals surface area contributed by atoms with Crippen molar-refractivity contribution in [2.45, 2.75) is 25.9 Å². The normalized spacial score (nSPS) is 10.9. The maximum Gasteiger partial charge on any atom is 0.220 e. The second-order valence-corrected chi connectivity index (χ2v) is 6.96. The topological polar surface area (TPSA) is 50.2 Å². The molecule has 1 amide bonds. The van der Waals surface area contributed by atoms with E-state index in [9.17, 15) is 4.79 Å². The van der Waals surface area contributed by atoms with Crippen molar-refractivity contribution in [3.05, 3.63) is 83.7 Å². The van der Waals surface area contributed by atoms with Crippen molar-refractivity contribution in [3.63, 3.8) is 0 Å². The molecule has 3 rings (SSSR count). The maximum atomic E-state index is 12.1.